The van der Waals surface area contributed by atoms with Crippen molar-refractivity contribution in [3.8, 4) is 0 Å². The summed E-state index contributed by atoms with van der Waals surface area (Å²) in [4.78, 5) is 0. The molecule has 0 aliphatic carbocycles. The van der Waals surface area contributed by atoms with Crippen molar-refractivity contribution in [2.45, 2.75) is 94.1 Å². The third kappa shape index (κ3) is 10.7. The van der Waals surface area contributed by atoms with Crippen molar-refractivity contribution in [2.24, 2.45) is 0 Å². The van der Waals surface area contributed by atoms with E-state index in [0.29, 0.717) is 13.2 Å². The van der Waals surface area contributed by atoms with E-state index in [4.69, 9.17) is 47.4 Å². The summed E-state index contributed by atoms with van der Waals surface area (Å²) in [7, 11) is 1.48. The molecule has 59 heavy (non-hydrogen) atoms. The molecule has 11 atom stereocenters. The SMILES string of the molecule is CO[C@@H]1O[C@@H]2COC(c3ccccc3)O[C@H]2[C@H](OC2O[C@H](COCc3ccccc3)[C@@H](OCc3ccccc3)[C@H](OCc3ccccc3)[C@H]2OCc2ccccc2)[C@H]1O. The zero-order valence-electron chi connectivity index (χ0n) is 33.1. The van der Waals surface area contributed by atoms with Gasteiger partial charge in [0, 0.05) is 12.7 Å². The Kier molecular flexibility index (Phi) is 14.6. The van der Waals surface area contributed by atoms with Gasteiger partial charge in [0.1, 0.15) is 48.8 Å². The van der Waals surface area contributed by atoms with Crippen molar-refractivity contribution >= 4 is 0 Å². The summed E-state index contributed by atoms with van der Waals surface area (Å²) in [6, 6.07) is 49.4. The number of benzene rings is 5. The van der Waals surface area contributed by atoms with Crippen LogP contribution in [0.15, 0.2) is 152 Å². The molecule has 3 aliphatic heterocycles. The van der Waals surface area contributed by atoms with Crippen molar-refractivity contribution in [3.05, 3.63) is 179 Å². The van der Waals surface area contributed by atoms with Gasteiger partial charge >= 0.3 is 0 Å². The second-order valence-electron chi connectivity index (χ2n) is 14.9. The van der Waals surface area contributed by atoms with Crippen LogP contribution < -0.4 is 0 Å². The maximum Gasteiger partial charge on any atom is 0.187 e. The lowest BCUT2D eigenvalue weighted by molar-refractivity contribution is -0.396. The number of hydrogen-bond donors (Lipinski definition) is 1. The van der Waals surface area contributed by atoms with E-state index in [1.54, 1.807) is 0 Å². The first kappa shape index (κ1) is 41.4. The highest BCUT2D eigenvalue weighted by Crippen LogP contribution is 2.39. The van der Waals surface area contributed by atoms with Gasteiger partial charge in [0.2, 0.25) is 0 Å². The number of ether oxygens (including phenoxy) is 10. The Morgan fingerprint density at radius 2 is 1.02 bits per heavy atom. The Hall–Kier alpha value is -4.34. The number of methoxy groups -OCH3 is 1. The molecule has 5 aromatic carbocycles. The molecule has 3 heterocycles. The van der Waals surface area contributed by atoms with E-state index in [0.717, 1.165) is 27.8 Å². The summed E-state index contributed by atoms with van der Waals surface area (Å²) < 4.78 is 65.4. The van der Waals surface area contributed by atoms with Gasteiger partial charge in [-0.25, -0.2) is 0 Å². The monoisotopic (exact) mass is 804 g/mol. The van der Waals surface area contributed by atoms with Crippen LogP contribution >= 0.6 is 0 Å². The number of aliphatic hydroxyl groups is 1. The topological polar surface area (TPSA) is 113 Å². The van der Waals surface area contributed by atoms with Crippen molar-refractivity contribution in [1.82, 2.24) is 0 Å². The maximum absolute atomic E-state index is 11.9. The molecule has 3 aliphatic rings. The minimum absolute atomic E-state index is 0.147. The molecule has 8 rings (SSSR count). The van der Waals surface area contributed by atoms with Gasteiger partial charge < -0.3 is 52.5 Å². The van der Waals surface area contributed by atoms with Crippen LogP contribution in [0.5, 0.6) is 0 Å². The molecule has 5 aromatic rings. The van der Waals surface area contributed by atoms with Crippen LogP contribution in [0, 0.1) is 0 Å². The standard InChI is InChI=1S/C48H52O11/c1-50-47-40(49)43(42-39(56-47)32-55-46(58-42)37-25-15-6-16-26-37)59-48-45(54-30-36-23-13-5-14-24-36)44(53-29-35-21-11-4-12-22-35)41(52-28-34-19-9-3-10-20-34)38(57-48)31-51-27-33-17-7-2-8-18-33/h2-26,38-49H,27-32H2,1H3/t38-,39-,40-,41-,42-,43-,44+,45-,46?,47-,48?/m1/s1. The van der Waals surface area contributed by atoms with E-state index >= 15 is 0 Å². The Labute approximate surface area is 345 Å². The quantitative estimate of drug-likeness (QED) is 0.106. The summed E-state index contributed by atoms with van der Waals surface area (Å²) in [6.07, 6.45) is -9.43. The minimum Gasteiger partial charge on any atom is -0.385 e. The van der Waals surface area contributed by atoms with Gasteiger partial charge in [0.15, 0.2) is 18.9 Å². The fourth-order valence-electron chi connectivity index (χ4n) is 7.70. The van der Waals surface area contributed by atoms with Crippen LogP contribution in [-0.4, -0.2) is 86.8 Å². The summed E-state index contributed by atoms with van der Waals surface area (Å²) >= 11 is 0. The number of hydrogen-bond acceptors (Lipinski definition) is 11. The molecule has 310 valence electrons. The van der Waals surface area contributed by atoms with Gasteiger partial charge in [0.25, 0.3) is 0 Å². The fourth-order valence-corrected chi connectivity index (χ4v) is 7.70. The summed E-state index contributed by atoms with van der Waals surface area (Å²) in [5.74, 6) is 0. The van der Waals surface area contributed by atoms with E-state index < -0.39 is 67.7 Å². The number of fused-ring (bicyclic) bond motifs is 1. The maximum atomic E-state index is 11.9. The van der Waals surface area contributed by atoms with Gasteiger partial charge in [-0.15, -0.1) is 0 Å². The van der Waals surface area contributed by atoms with E-state index in [9.17, 15) is 5.11 Å². The highest BCUT2D eigenvalue weighted by molar-refractivity contribution is 5.18. The number of rotatable bonds is 17. The Morgan fingerprint density at radius 1 is 0.525 bits per heavy atom. The average Bonchev–Trinajstić information content (AvgIpc) is 3.29. The molecule has 3 saturated heterocycles. The van der Waals surface area contributed by atoms with Crippen LogP contribution in [0.1, 0.15) is 34.1 Å². The third-order valence-electron chi connectivity index (χ3n) is 10.7. The van der Waals surface area contributed by atoms with E-state index in [1.807, 2.05) is 152 Å². The molecular formula is C48H52O11. The normalized spacial score (nSPS) is 29.4. The number of aliphatic hydroxyl groups excluding tert-OH is 1. The average molecular weight is 805 g/mol. The van der Waals surface area contributed by atoms with E-state index in [1.165, 1.54) is 7.11 Å². The lowest BCUT2D eigenvalue weighted by Gasteiger charge is -2.51. The highest BCUT2D eigenvalue weighted by atomic mass is 16.8. The highest BCUT2D eigenvalue weighted by Gasteiger charge is 2.55. The molecule has 0 spiro atoms. The minimum atomic E-state index is -1.27. The van der Waals surface area contributed by atoms with Gasteiger partial charge in [-0.3, -0.25) is 0 Å². The van der Waals surface area contributed by atoms with Crippen LogP contribution in [0.4, 0.5) is 0 Å². The van der Waals surface area contributed by atoms with Crippen molar-refractivity contribution < 1.29 is 52.5 Å². The Morgan fingerprint density at radius 3 is 1.56 bits per heavy atom. The lowest BCUT2D eigenvalue weighted by atomic mass is 9.95. The summed E-state index contributed by atoms with van der Waals surface area (Å²) in [5.41, 5.74) is 4.77. The van der Waals surface area contributed by atoms with Gasteiger partial charge in [-0.2, -0.15) is 0 Å². The molecule has 0 amide bonds. The zero-order valence-corrected chi connectivity index (χ0v) is 33.1. The van der Waals surface area contributed by atoms with Crippen LogP contribution in [0.2, 0.25) is 0 Å². The van der Waals surface area contributed by atoms with Crippen molar-refractivity contribution in [2.75, 3.05) is 20.3 Å². The fraction of sp³-hybridized carbons (Fsp3) is 0.375. The molecule has 2 unspecified atom stereocenters. The molecule has 11 nitrogen and oxygen atoms in total. The van der Waals surface area contributed by atoms with Crippen LogP contribution in [0.3, 0.4) is 0 Å². The molecule has 0 radical (unpaired) electrons. The van der Waals surface area contributed by atoms with Crippen molar-refractivity contribution in [3.63, 3.8) is 0 Å². The van der Waals surface area contributed by atoms with Gasteiger partial charge in [0.05, 0.1) is 39.6 Å². The molecule has 11 heteroatoms. The van der Waals surface area contributed by atoms with E-state index in [-0.39, 0.29) is 26.4 Å². The first-order valence-corrected chi connectivity index (χ1v) is 20.2. The Bertz CT molecular complexity index is 1940. The van der Waals surface area contributed by atoms with Gasteiger partial charge in [-0.05, 0) is 22.3 Å². The van der Waals surface area contributed by atoms with Crippen LogP contribution in [-0.2, 0) is 73.8 Å². The third-order valence-corrected chi connectivity index (χ3v) is 10.7. The Balaban J connectivity index is 1.14. The largest absolute Gasteiger partial charge is 0.385 e. The predicted octanol–water partition coefficient (Wildman–Crippen LogP) is 6.92. The van der Waals surface area contributed by atoms with Crippen molar-refractivity contribution in [1.29, 1.82) is 0 Å². The molecule has 0 saturated carbocycles. The molecule has 0 aromatic heterocycles. The second kappa shape index (κ2) is 20.8. The molecular weight excluding hydrogens is 753 g/mol. The van der Waals surface area contributed by atoms with E-state index in [2.05, 4.69) is 0 Å². The first-order chi connectivity index (χ1) is 29.1. The smallest absolute Gasteiger partial charge is 0.187 e. The van der Waals surface area contributed by atoms with Crippen LogP contribution in [0.25, 0.3) is 0 Å². The zero-order chi connectivity index (χ0) is 40.2. The summed E-state index contributed by atoms with van der Waals surface area (Å²) in [5, 5.41) is 11.9. The second-order valence-corrected chi connectivity index (χ2v) is 14.9. The molecule has 1 N–H and O–H groups in total. The first-order valence-electron chi connectivity index (χ1n) is 20.2. The molecule has 0 bridgehead atoms. The summed E-state index contributed by atoms with van der Waals surface area (Å²) in [6.45, 7) is 1.47. The lowest BCUT2D eigenvalue weighted by Crippen LogP contribution is -2.67. The van der Waals surface area contributed by atoms with Gasteiger partial charge in [-0.1, -0.05) is 152 Å². The predicted molar refractivity (Wildman–Crippen MR) is 216 cm³/mol. The molecule has 3 fully saturated rings.